The first-order chi connectivity index (χ1) is 13.1. The van der Waals surface area contributed by atoms with Crippen molar-refractivity contribution < 1.29 is 4.79 Å². The smallest absolute Gasteiger partial charge is 0.277 e. The van der Waals surface area contributed by atoms with Crippen LogP contribution in [-0.2, 0) is 0 Å². The first-order valence-electron chi connectivity index (χ1n) is 8.35. The van der Waals surface area contributed by atoms with E-state index in [2.05, 4.69) is 15.5 Å². The number of carbonyl (C=O) groups excluding carboxylic acids is 1. The number of anilines is 1. The topological polar surface area (TPSA) is 64.7 Å². The molecule has 27 heavy (non-hydrogen) atoms. The van der Waals surface area contributed by atoms with Crippen molar-refractivity contribution in [2.24, 2.45) is 0 Å². The Morgan fingerprint density at radius 3 is 2.56 bits per heavy atom. The highest BCUT2D eigenvalue weighted by molar-refractivity contribution is 6.32. The van der Waals surface area contributed by atoms with Crippen LogP contribution in [0.3, 0.4) is 0 Å². The Morgan fingerprint density at radius 1 is 1.04 bits per heavy atom. The maximum absolute atomic E-state index is 12.7. The number of halogens is 1. The van der Waals surface area contributed by atoms with Crippen LogP contribution >= 0.6 is 11.6 Å². The minimum Gasteiger partial charge on any atom is -0.305 e. The van der Waals surface area contributed by atoms with Crippen molar-refractivity contribution in [2.75, 3.05) is 5.32 Å². The Balaban J connectivity index is 1.61. The predicted molar refractivity (Wildman–Crippen MR) is 105 cm³/mol. The number of para-hydroxylation sites is 2. The summed E-state index contributed by atoms with van der Waals surface area (Å²) < 4.78 is 3.27. The molecule has 134 valence electrons. The van der Waals surface area contributed by atoms with Crippen molar-refractivity contribution in [3.05, 3.63) is 89.3 Å². The molecular formula is C20H16ClN5O. The quantitative estimate of drug-likeness (QED) is 0.577. The molecular weight excluding hydrogens is 362 g/mol. The van der Waals surface area contributed by atoms with E-state index in [-0.39, 0.29) is 11.6 Å². The van der Waals surface area contributed by atoms with Crippen LogP contribution in [0.4, 0.5) is 5.82 Å². The number of aromatic nitrogens is 4. The third-order valence-electron chi connectivity index (χ3n) is 4.11. The van der Waals surface area contributed by atoms with Crippen LogP contribution in [0.15, 0.2) is 73.1 Å². The fraction of sp³-hybridized carbons (Fsp3) is 0.0500. The molecule has 0 bridgehead atoms. The third kappa shape index (κ3) is 3.35. The van der Waals surface area contributed by atoms with E-state index in [0.717, 1.165) is 11.3 Å². The standard InChI is InChI=1S/C20H16ClN5O/c1-14-13-22-26(15-7-3-2-4-8-15)19(14)23-20(27)17-11-12-25(24-17)18-10-6-5-9-16(18)21/h2-13H,1H3,(H,23,27). The fourth-order valence-corrected chi connectivity index (χ4v) is 2.96. The van der Waals surface area contributed by atoms with Gasteiger partial charge in [0, 0.05) is 11.8 Å². The maximum Gasteiger partial charge on any atom is 0.277 e. The Labute approximate surface area is 161 Å². The molecule has 0 aliphatic rings. The Hall–Kier alpha value is -3.38. The lowest BCUT2D eigenvalue weighted by Crippen LogP contribution is -2.16. The number of nitrogens with one attached hydrogen (secondary N) is 1. The van der Waals surface area contributed by atoms with Gasteiger partial charge in [-0.25, -0.2) is 9.36 Å². The molecule has 4 aromatic rings. The molecule has 0 atom stereocenters. The fourth-order valence-electron chi connectivity index (χ4n) is 2.74. The van der Waals surface area contributed by atoms with E-state index >= 15 is 0 Å². The number of hydrogen-bond acceptors (Lipinski definition) is 3. The number of nitrogens with zero attached hydrogens (tertiary/aromatic N) is 4. The summed E-state index contributed by atoms with van der Waals surface area (Å²) in [7, 11) is 0. The second kappa shape index (κ2) is 7.09. The van der Waals surface area contributed by atoms with Crippen LogP contribution < -0.4 is 5.32 Å². The molecule has 0 unspecified atom stereocenters. The van der Waals surface area contributed by atoms with Gasteiger partial charge in [0.15, 0.2) is 5.69 Å². The van der Waals surface area contributed by atoms with E-state index in [1.807, 2.05) is 55.5 Å². The highest BCUT2D eigenvalue weighted by atomic mass is 35.5. The van der Waals surface area contributed by atoms with Crippen molar-refractivity contribution in [1.29, 1.82) is 0 Å². The van der Waals surface area contributed by atoms with Gasteiger partial charge in [0.05, 0.1) is 22.6 Å². The van der Waals surface area contributed by atoms with Crippen molar-refractivity contribution in [2.45, 2.75) is 6.92 Å². The summed E-state index contributed by atoms with van der Waals surface area (Å²) in [6.07, 6.45) is 3.42. The first kappa shape index (κ1) is 17.1. The molecule has 0 radical (unpaired) electrons. The summed E-state index contributed by atoms with van der Waals surface area (Å²) in [5.41, 5.74) is 2.72. The molecule has 0 saturated heterocycles. The van der Waals surface area contributed by atoms with Crippen LogP contribution in [0.1, 0.15) is 16.1 Å². The number of aryl methyl sites for hydroxylation is 1. The van der Waals surface area contributed by atoms with E-state index in [4.69, 9.17) is 11.6 Å². The van der Waals surface area contributed by atoms with Crippen LogP contribution in [0, 0.1) is 6.92 Å². The van der Waals surface area contributed by atoms with Gasteiger partial charge in [0.1, 0.15) is 5.82 Å². The van der Waals surface area contributed by atoms with Gasteiger partial charge >= 0.3 is 0 Å². The average Bonchev–Trinajstić information content (AvgIpc) is 3.31. The SMILES string of the molecule is Cc1cnn(-c2ccccc2)c1NC(=O)c1ccn(-c2ccccc2Cl)n1. The minimum absolute atomic E-state index is 0.287. The molecule has 6 nitrogen and oxygen atoms in total. The Kier molecular flexibility index (Phi) is 4.48. The largest absolute Gasteiger partial charge is 0.305 e. The summed E-state index contributed by atoms with van der Waals surface area (Å²) in [6.45, 7) is 1.89. The molecule has 2 aromatic carbocycles. The summed E-state index contributed by atoms with van der Waals surface area (Å²) in [4.78, 5) is 12.7. The van der Waals surface area contributed by atoms with Crippen molar-refractivity contribution in [1.82, 2.24) is 19.6 Å². The zero-order chi connectivity index (χ0) is 18.8. The van der Waals surface area contributed by atoms with Crippen LogP contribution in [0.5, 0.6) is 0 Å². The van der Waals surface area contributed by atoms with Crippen LogP contribution in [-0.4, -0.2) is 25.5 Å². The van der Waals surface area contributed by atoms with Gasteiger partial charge in [0.2, 0.25) is 0 Å². The lowest BCUT2D eigenvalue weighted by atomic mass is 10.3. The minimum atomic E-state index is -0.318. The molecule has 2 aromatic heterocycles. The molecule has 4 rings (SSSR count). The molecule has 0 aliphatic carbocycles. The monoisotopic (exact) mass is 377 g/mol. The summed E-state index contributed by atoms with van der Waals surface area (Å²) >= 11 is 6.20. The molecule has 1 amide bonds. The number of benzene rings is 2. The molecule has 7 heteroatoms. The molecule has 1 N–H and O–H groups in total. The predicted octanol–water partition coefficient (Wildman–Crippen LogP) is 4.27. The number of carbonyl (C=O) groups is 1. The van der Waals surface area contributed by atoms with E-state index < -0.39 is 0 Å². The molecule has 0 fully saturated rings. The average molecular weight is 378 g/mol. The maximum atomic E-state index is 12.7. The molecule has 0 aliphatic heterocycles. The molecule has 0 spiro atoms. The van der Waals surface area contributed by atoms with Gasteiger partial charge in [-0.05, 0) is 37.3 Å². The zero-order valence-electron chi connectivity index (χ0n) is 14.5. The van der Waals surface area contributed by atoms with Crippen molar-refractivity contribution in [3.63, 3.8) is 0 Å². The summed E-state index contributed by atoms with van der Waals surface area (Å²) in [5, 5.41) is 12.2. The van der Waals surface area contributed by atoms with Gasteiger partial charge < -0.3 is 5.32 Å². The second-order valence-corrected chi connectivity index (χ2v) is 6.38. The second-order valence-electron chi connectivity index (χ2n) is 5.97. The van der Waals surface area contributed by atoms with Crippen LogP contribution in [0.25, 0.3) is 11.4 Å². The summed E-state index contributed by atoms with van der Waals surface area (Å²) in [5.74, 6) is 0.292. The van der Waals surface area contributed by atoms with Gasteiger partial charge in [-0.2, -0.15) is 10.2 Å². The highest BCUT2D eigenvalue weighted by Crippen LogP contribution is 2.21. The Morgan fingerprint density at radius 2 is 1.78 bits per heavy atom. The van der Waals surface area contributed by atoms with E-state index in [0.29, 0.717) is 16.5 Å². The van der Waals surface area contributed by atoms with Gasteiger partial charge in [-0.15, -0.1) is 0 Å². The summed E-state index contributed by atoms with van der Waals surface area (Å²) in [6, 6.07) is 18.6. The van der Waals surface area contributed by atoms with E-state index in [9.17, 15) is 4.79 Å². The number of amides is 1. The highest BCUT2D eigenvalue weighted by Gasteiger charge is 2.16. The van der Waals surface area contributed by atoms with Gasteiger partial charge in [-0.1, -0.05) is 41.9 Å². The van der Waals surface area contributed by atoms with E-state index in [1.165, 1.54) is 0 Å². The number of hydrogen-bond donors (Lipinski definition) is 1. The lowest BCUT2D eigenvalue weighted by Gasteiger charge is -2.09. The molecule has 2 heterocycles. The first-order valence-corrected chi connectivity index (χ1v) is 8.73. The number of rotatable bonds is 4. The van der Waals surface area contributed by atoms with E-state index in [1.54, 1.807) is 33.9 Å². The van der Waals surface area contributed by atoms with Crippen LogP contribution in [0.2, 0.25) is 5.02 Å². The van der Waals surface area contributed by atoms with Gasteiger partial charge in [-0.3, -0.25) is 4.79 Å². The van der Waals surface area contributed by atoms with Crippen molar-refractivity contribution in [3.8, 4) is 11.4 Å². The van der Waals surface area contributed by atoms with Crippen molar-refractivity contribution >= 4 is 23.3 Å². The van der Waals surface area contributed by atoms with Gasteiger partial charge in [0.25, 0.3) is 5.91 Å². The zero-order valence-corrected chi connectivity index (χ0v) is 15.3. The Bertz CT molecular complexity index is 1100. The normalized spacial score (nSPS) is 10.7. The third-order valence-corrected chi connectivity index (χ3v) is 4.43. The molecule has 0 saturated carbocycles. The lowest BCUT2D eigenvalue weighted by molar-refractivity contribution is 0.102.